The number of hydrogen-bond donors (Lipinski definition) is 1. The Balaban J connectivity index is 1.53. The topological polar surface area (TPSA) is 50.7 Å². The lowest BCUT2D eigenvalue weighted by molar-refractivity contribution is -0.115. The van der Waals surface area contributed by atoms with Crippen LogP contribution in [0.4, 0.5) is 5.69 Å². The van der Waals surface area contributed by atoms with Crippen molar-refractivity contribution >= 4 is 46.2 Å². The molecule has 3 aromatic rings. The van der Waals surface area contributed by atoms with E-state index in [9.17, 15) is 4.79 Å². The molecule has 1 aliphatic rings. The number of nitrogens with one attached hydrogen (secondary N) is 1. The highest BCUT2D eigenvalue weighted by molar-refractivity contribution is 8.18. The monoisotopic (exact) mass is 434 g/mol. The molecule has 0 unspecified atom stereocenters. The quantitative estimate of drug-likeness (QED) is 0.492. The molecule has 6 heteroatoms. The average Bonchev–Trinajstić information content (AvgIpc) is 3.09. The summed E-state index contributed by atoms with van der Waals surface area (Å²) in [5.41, 5.74) is 3.65. The molecule has 1 N–H and O–H groups in total. The molecule has 0 saturated carbocycles. The van der Waals surface area contributed by atoms with Gasteiger partial charge >= 0.3 is 0 Å². The number of aryl methyl sites for hydroxylation is 1. The van der Waals surface area contributed by atoms with Gasteiger partial charge in [0.05, 0.1) is 10.6 Å². The lowest BCUT2D eigenvalue weighted by Gasteiger charge is -2.09. The molecule has 0 spiro atoms. The molecule has 150 valence electrons. The second-order valence-electron chi connectivity index (χ2n) is 6.72. The molecule has 1 aliphatic heterocycles. The largest absolute Gasteiger partial charge is 0.488 e. The number of benzene rings is 3. The molecule has 1 fully saturated rings. The summed E-state index contributed by atoms with van der Waals surface area (Å²) in [7, 11) is 0. The van der Waals surface area contributed by atoms with Crippen molar-refractivity contribution in [3.8, 4) is 5.75 Å². The predicted octanol–water partition coefficient (Wildman–Crippen LogP) is 6.12. The van der Waals surface area contributed by atoms with E-state index in [0.717, 1.165) is 28.1 Å². The maximum Gasteiger partial charge on any atom is 0.264 e. The summed E-state index contributed by atoms with van der Waals surface area (Å²) < 4.78 is 5.99. The van der Waals surface area contributed by atoms with Gasteiger partial charge in [-0.05, 0) is 60.2 Å². The average molecular weight is 435 g/mol. The van der Waals surface area contributed by atoms with Gasteiger partial charge in [-0.3, -0.25) is 4.79 Å². The van der Waals surface area contributed by atoms with Crippen molar-refractivity contribution in [1.29, 1.82) is 0 Å². The van der Waals surface area contributed by atoms with E-state index in [-0.39, 0.29) is 5.91 Å². The first-order valence-corrected chi connectivity index (χ1v) is 10.6. The predicted molar refractivity (Wildman–Crippen MR) is 124 cm³/mol. The van der Waals surface area contributed by atoms with Crippen LogP contribution in [-0.2, 0) is 11.4 Å². The number of carbonyl (C=O) groups excluding carboxylic acids is 1. The van der Waals surface area contributed by atoms with Crippen molar-refractivity contribution < 1.29 is 9.53 Å². The van der Waals surface area contributed by atoms with Crippen molar-refractivity contribution in [2.24, 2.45) is 4.99 Å². The number of rotatable bonds is 5. The molecule has 0 bridgehead atoms. The normalized spacial score (nSPS) is 16.1. The molecule has 30 heavy (non-hydrogen) atoms. The van der Waals surface area contributed by atoms with E-state index in [1.165, 1.54) is 11.8 Å². The number of thioether (sulfide) groups is 1. The van der Waals surface area contributed by atoms with Gasteiger partial charge in [0, 0.05) is 10.6 Å². The lowest BCUT2D eigenvalue weighted by atomic mass is 10.2. The minimum absolute atomic E-state index is 0.178. The van der Waals surface area contributed by atoms with Crippen molar-refractivity contribution in [2.75, 3.05) is 0 Å². The van der Waals surface area contributed by atoms with Crippen LogP contribution < -0.4 is 10.1 Å². The molecule has 1 heterocycles. The van der Waals surface area contributed by atoms with E-state index in [0.29, 0.717) is 21.7 Å². The molecule has 4 nitrogen and oxygen atoms in total. The van der Waals surface area contributed by atoms with E-state index >= 15 is 0 Å². The third-order valence-electron chi connectivity index (χ3n) is 4.47. The summed E-state index contributed by atoms with van der Waals surface area (Å²) in [4.78, 5) is 17.6. The Morgan fingerprint density at radius 2 is 1.83 bits per heavy atom. The number of hydrogen-bond acceptors (Lipinski definition) is 4. The molecule has 1 amide bonds. The van der Waals surface area contributed by atoms with Crippen molar-refractivity contribution in [1.82, 2.24) is 5.32 Å². The highest BCUT2D eigenvalue weighted by atomic mass is 35.5. The van der Waals surface area contributed by atoms with Gasteiger partial charge in [-0.25, -0.2) is 4.99 Å². The summed E-state index contributed by atoms with van der Waals surface area (Å²) in [6, 6.07) is 23.1. The first-order valence-electron chi connectivity index (χ1n) is 9.40. The summed E-state index contributed by atoms with van der Waals surface area (Å²) >= 11 is 7.31. The van der Waals surface area contributed by atoms with Gasteiger partial charge < -0.3 is 10.1 Å². The Kier molecular flexibility index (Phi) is 6.21. The van der Waals surface area contributed by atoms with Gasteiger partial charge in [0.2, 0.25) is 0 Å². The third kappa shape index (κ3) is 4.93. The number of amides is 1. The van der Waals surface area contributed by atoms with Crippen LogP contribution in [0, 0.1) is 6.92 Å². The van der Waals surface area contributed by atoms with Crippen LogP contribution >= 0.6 is 23.4 Å². The van der Waals surface area contributed by atoms with Crippen LogP contribution in [0.25, 0.3) is 6.08 Å². The van der Waals surface area contributed by atoms with Crippen molar-refractivity contribution in [3.05, 3.63) is 99.4 Å². The van der Waals surface area contributed by atoms with E-state index in [4.69, 9.17) is 16.3 Å². The maximum absolute atomic E-state index is 12.5. The third-order valence-corrected chi connectivity index (χ3v) is 5.62. The molecule has 3 aromatic carbocycles. The summed E-state index contributed by atoms with van der Waals surface area (Å²) in [5, 5.41) is 4.02. The maximum atomic E-state index is 12.5. The van der Waals surface area contributed by atoms with Gasteiger partial charge in [-0.15, -0.1) is 0 Å². The lowest BCUT2D eigenvalue weighted by Crippen LogP contribution is -2.19. The highest BCUT2D eigenvalue weighted by Gasteiger charge is 2.24. The standard InChI is InChI=1S/C24H19ClN2O2S/c1-16-13-19(25)11-12-20(16)26-24-27-23(28)22(30-24)14-18-9-5-6-10-21(18)29-15-17-7-3-2-4-8-17/h2-14H,15H2,1H3,(H,26,27,28)/b22-14-. The number of ether oxygens (including phenoxy) is 1. The minimum atomic E-state index is -0.178. The minimum Gasteiger partial charge on any atom is -0.488 e. The Bertz CT molecular complexity index is 1140. The molecule has 0 aliphatic carbocycles. The second-order valence-corrected chi connectivity index (χ2v) is 8.19. The fourth-order valence-electron chi connectivity index (χ4n) is 2.94. The summed E-state index contributed by atoms with van der Waals surface area (Å²) in [6.45, 7) is 2.40. The van der Waals surface area contributed by atoms with E-state index in [2.05, 4.69) is 10.3 Å². The van der Waals surface area contributed by atoms with Crippen LogP contribution in [0.5, 0.6) is 5.75 Å². The summed E-state index contributed by atoms with van der Waals surface area (Å²) in [6.07, 6.45) is 1.83. The number of nitrogens with zero attached hydrogens (tertiary/aromatic N) is 1. The van der Waals surface area contributed by atoms with Gasteiger partial charge in [0.25, 0.3) is 5.91 Å². The Morgan fingerprint density at radius 3 is 2.63 bits per heavy atom. The number of para-hydroxylation sites is 1. The molecule has 0 aromatic heterocycles. The van der Waals surface area contributed by atoms with Gasteiger partial charge in [0.15, 0.2) is 5.17 Å². The van der Waals surface area contributed by atoms with Crippen LogP contribution in [0.2, 0.25) is 5.02 Å². The van der Waals surface area contributed by atoms with Crippen LogP contribution in [0.15, 0.2) is 82.7 Å². The SMILES string of the molecule is Cc1cc(Cl)ccc1N=C1NC(=O)/C(=C/c2ccccc2OCc2ccccc2)S1. The van der Waals surface area contributed by atoms with Gasteiger partial charge in [-0.1, -0.05) is 60.1 Å². The molecular formula is C24H19ClN2O2S. The number of carbonyl (C=O) groups is 1. The zero-order valence-corrected chi connectivity index (χ0v) is 17.8. The van der Waals surface area contributed by atoms with Gasteiger partial charge in [-0.2, -0.15) is 0 Å². The first-order chi connectivity index (χ1) is 14.6. The fraction of sp³-hybridized carbons (Fsp3) is 0.0833. The second kappa shape index (κ2) is 9.20. The van der Waals surface area contributed by atoms with E-state index < -0.39 is 0 Å². The molecule has 0 atom stereocenters. The zero-order valence-electron chi connectivity index (χ0n) is 16.3. The Labute approximate surface area is 184 Å². The Hall–Kier alpha value is -3.02. The fourth-order valence-corrected chi connectivity index (χ4v) is 3.99. The summed E-state index contributed by atoms with van der Waals surface area (Å²) in [5.74, 6) is 0.546. The number of aliphatic imine (C=N–C) groups is 1. The van der Waals surface area contributed by atoms with Crippen molar-refractivity contribution in [3.63, 3.8) is 0 Å². The molecule has 4 rings (SSSR count). The van der Waals surface area contributed by atoms with Crippen LogP contribution in [-0.4, -0.2) is 11.1 Å². The van der Waals surface area contributed by atoms with E-state index in [1.54, 1.807) is 6.07 Å². The highest BCUT2D eigenvalue weighted by Crippen LogP contribution is 2.32. The Morgan fingerprint density at radius 1 is 1.07 bits per heavy atom. The van der Waals surface area contributed by atoms with E-state index in [1.807, 2.05) is 79.7 Å². The smallest absolute Gasteiger partial charge is 0.264 e. The zero-order chi connectivity index (χ0) is 20.9. The number of amidine groups is 1. The molecule has 0 radical (unpaired) electrons. The van der Waals surface area contributed by atoms with Crippen LogP contribution in [0.1, 0.15) is 16.7 Å². The van der Waals surface area contributed by atoms with Crippen LogP contribution in [0.3, 0.4) is 0 Å². The van der Waals surface area contributed by atoms with Gasteiger partial charge in [0.1, 0.15) is 12.4 Å². The molecular weight excluding hydrogens is 416 g/mol. The molecule has 1 saturated heterocycles. The number of halogens is 1. The van der Waals surface area contributed by atoms with Crippen molar-refractivity contribution in [2.45, 2.75) is 13.5 Å². The first kappa shape index (κ1) is 20.3.